The van der Waals surface area contributed by atoms with E-state index in [1.807, 2.05) is 18.2 Å². The zero-order valence-corrected chi connectivity index (χ0v) is 21.3. The first kappa shape index (κ1) is 22.7. The van der Waals surface area contributed by atoms with Crippen LogP contribution in [0.5, 0.6) is 5.75 Å². The minimum Gasteiger partial charge on any atom is -0.488 e. The lowest BCUT2D eigenvalue weighted by molar-refractivity contribution is -0.0706. The summed E-state index contributed by atoms with van der Waals surface area (Å²) in [7, 11) is 0. The van der Waals surface area contributed by atoms with E-state index in [0.29, 0.717) is 28.1 Å². The molecule has 0 spiro atoms. The Morgan fingerprint density at radius 3 is 2.18 bits per heavy atom. The van der Waals surface area contributed by atoms with Gasteiger partial charge in [0, 0.05) is 33.8 Å². The number of halogens is 2. The average molecular weight is 495 g/mol. The second-order valence-corrected chi connectivity index (χ2v) is 11.9. The number of fused-ring (bicyclic) bond motifs is 1. The van der Waals surface area contributed by atoms with Gasteiger partial charge in [0.15, 0.2) is 0 Å². The number of ether oxygens (including phenoxy) is 1. The molecule has 0 aliphatic heterocycles. The summed E-state index contributed by atoms with van der Waals surface area (Å²) in [6.07, 6.45) is 8.69. The van der Waals surface area contributed by atoms with Gasteiger partial charge in [-0.05, 0) is 97.6 Å². The zero-order valence-electron chi connectivity index (χ0n) is 19.8. The third-order valence-corrected chi connectivity index (χ3v) is 9.73. The first-order valence-electron chi connectivity index (χ1n) is 12.8. The molecule has 4 saturated carbocycles. The second kappa shape index (κ2) is 9.04. The molecule has 4 aliphatic carbocycles. The molecule has 0 saturated heterocycles. The monoisotopic (exact) mass is 493 g/mol. The molecule has 0 radical (unpaired) electrons. The smallest absolute Gasteiger partial charge is 0.124 e. The van der Waals surface area contributed by atoms with Gasteiger partial charge in [-0.25, -0.2) is 0 Å². The van der Waals surface area contributed by atoms with Crippen molar-refractivity contribution in [1.82, 2.24) is 5.32 Å². The topological polar surface area (TPSA) is 21.3 Å². The first-order chi connectivity index (χ1) is 16.5. The largest absolute Gasteiger partial charge is 0.488 e. The van der Waals surface area contributed by atoms with E-state index in [0.717, 1.165) is 35.6 Å². The van der Waals surface area contributed by atoms with E-state index in [1.165, 1.54) is 54.9 Å². The molecule has 4 fully saturated rings. The molecule has 0 amide bonds. The maximum atomic E-state index is 6.41. The molecule has 178 valence electrons. The fraction of sp³-hybridized carbons (Fsp3) is 0.467. The molecule has 4 aliphatic rings. The van der Waals surface area contributed by atoms with Crippen LogP contribution >= 0.6 is 23.2 Å². The number of hydrogen-bond donors (Lipinski definition) is 1. The van der Waals surface area contributed by atoms with Crippen LogP contribution in [-0.4, -0.2) is 6.04 Å². The fourth-order valence-electron chi connectivity index (χ4n) is 7.63. The highest BCUT2D eigenvalue weighted by Gasteiger charge is 2.52. The van der Waals surface area contributed by atoms with Crippen molar-refractivity contribution in [2.45, 2.75) is 64.6 Å². The lowest BCUT2D eigenvalue weighted by Crippen LogP contribution is -2.54. The Labute approximate surface area is 213 Å². The molecule has 3 aromatic rings. The van der Waals surface area contributed by atoms with Crippen LogP contribution in [-0.2, 0) is 13.2 Å². The van der Waals surface area contributed by atoms with Crippen molar-refractivity contribution in [2.24, 2.45) is 23.2 Å². The highest BCUT2D eigenvalue weighted by molar-refractivity contribution is 6.35. The number of benzene rings is 3. The summed E-state index contributed by atoms with van der Waals surface area (Å²) in [6.45, 7) is 3.59. The molecule has 0 heterocycles. The third kappa shape index (κ3) is 4.12. The van der Waals surface area contributed by atoms with Gasteiger partial charge in [0.25, 0.3) is 0 Å². The number of rotatable bonds is 7. The molecule has 4 bridgehead atoms. The van der Waals surface area contributed by atoms with Crippen LogP contribution in [0.3, 0.4) is 0 Å². The first-order valence-corrected chi connectivity index (χ1v) is 13.6. The van der Waals surface area contributed by atoms with Crippen molar-refractivity contribution >= 4 is 34.0 Å². The van der Waals surface area contributed by atoms with Crippen LogP contribution in [0.4, 0.5) is 0 Å². The molecular weight excluding hydrogens is 461 g/mol. The van der Waals surface area contributed by atoms with Gasteiger partial charge in [0.05, 0.1) is 0 Å². The quantitative estimate of drug-likeness (QED) is 0.356. The fourth-order valence-corrected chi connectivity index (χ4v) is 8.14. The number of nitrogens with one attached hydrogen (secondary N) is 1. The van der Waals surface area contributed by atoms with Crippen molar-refractivity contribution in [1.29, 1.82) is 0 Å². The maximum absolute atomic E-state index is 6.41. The van der Waals surface area contributed by atoms with E-state index in [4.69, 9.17) is 27.9 Å². The molecule has 34 heavy (non-hydrogen) atoms. The van der Waals surface area contributed by atoms with Crippen LogP contribution in [0.15, 0.2) is 54.6 Å². The maximum Gasteiger partial charge on any atom is 0.124 e. The molecular formula is C30H33Cl2NO. The van der Waals surface area contributed by atoms with Crippen molar-refractivity contribution < 1.29 is 4.74 Å². The lowest BCUT2D eigenvalue weighted by atomic mass is 9.48. The minimum atomic E-state index is 0.356. The molecule has 0 aromatic heterocycles. The van der Waals surface area contributed by atoms with Gasteiger partial charge in [-0.15, -0.1) is 0 Å². The van der Waals surface area contributed by atoms with E-state index >= 15 is 0 Å². The third-order valence-electron chi connectivity index (χ3n) is 9.02. The van der Waals surface area contributed by atoms with Crippen LogP contribution in [0.2, 0.25) is 10.0 Å². The van der Waals surface area contributed by atoms with Crippen LogP contribution in [0, 0.1) is 23.2 Å². The predicted octanol–water partition coefficient (Wildman–Crippen LogP) is 8.42. The summed E-state index contributed by atoms with van der Waals surface area (Å²) in [6, 6.07) is 18.9. The molecule has 2 nitrogen and oxygen atoms in total. The standard InChI is InChI=1S/C30H33Cl2NO/c1-19(30-14-20-11-21(15-30)13-22(12-20)16-30)33-17-25-24-6-3-2-5-23(24)9-10-29(25)34-18-26-27(31)7-4-8-28(26)32/h2-10,19-22,33H,11-18H2,1H3. The van der Waals surface area contributed by atoms with Gasteiger partial charge in [-0.3, -0.25) is 0 Å². The van der Waals surface area contributed by atoms with Gasteiger partial charge in [-0.1, -0.05) is 59.6 Å². The summed E-state index contributed by atoms with van der Waals surface area (Å²) in [5.41, 5.74) is 2.53. The Balaban J connectivity index is 1.25. The number of hydrogen-bond acceptors (Lipinski definition) is 2. The zero-order chi connectivity index (χ0) is 23.3. The molecule has 1 atom stereocenters. The van der Waals surface area contributed by atoms with Gasteiger partial charge in [0.1, 0.15) is 12.4 Å². The van der Waals surface area contributed by atoms with Crippen molar-refractivity contribution in [2.75, 3.05) is 0 Å². The van der Waals surface area contributed by atoms with Gasteiger partial charge < -0.3 is 10.1 Å². The minimum absolute atomic E-state index is 0.356. The van der Waals surface area contributed by atoms with Crippen LogP contribution in [0.25, 0.3) is 10.8 Å². The Kier molecular flexibility index (Phi) is 6.04. The Bertz CT molecular complexity index is 1150. The van der Waals surface area contributed by atoms with Crippen LogP contribution < -0.4 is 10.1 Å². The van der Waals surface area contributed by atoms with Crippen molar-refractivity contribution in [3.8, 4) is 5.75 Å². The molecule has 4 heteroatoms. The normalized spacial score (nSPS) is 28.4. The van der Waals surface area contributed by atoms with Gasteiger partial charge >= 0.3 is 0 Å². The summed E-state index contributed by atoms with van der Waals surface area (Å²) in [5.74, 6) is 3.80. The van der Waals surface area contributed by atoms with Crippen molar-refractivity contribution in [3.05, 3.63) is 75.8 Å². The highest BCUT2D eigenvalue weighted by atomic mass is 35.5. The Morgan fingerprint density at radius 1 is 0.853 bits per heavy atom. The van der Waals surface area contributed by atoms with Gasteiger partial charge in [-0.2, -0.15) is 0 Å². The van der Waals surface area contributed by atoms with E-state index in [-0.39, 0.29) is 0 Å². The molecule has 1 unspecified atom stereocenters. The highest BCUT2D eigenvalue weighted by Crippen LogP contribution is 2.61. The molecule has 7 rings (SSSR count). The van der Waals surface area contributed by atoms with E-state index in [9.17, 15) is 0 Å². The lowest BCUT2D eigenvalue weighted by Gasteiger charge is -2.59. The average Bonchev–Trinajstić information content (AvgIpc) is 2.81. The predicted molar refractivity (Wildman–Crippen MR) is 142 cm³/mol. The summed E-state index contributed by atoms with van der Waals surface area (Å²) < 4.78 is 6.37. The Morgan fingerprint density at radius 2 is 1.50 bits per heavy atom. The van der Waals surface area contributed by atoms with Crippen molar-refractivity contribution in [3.63, 3.8) is 0 Å². The summed E-state index contributed by atoms with van der Waals surface area (Å²) in [5, 5.41) is 7.75. The molecule has 3 aromatic carbocycles. The summed E-state index contributed by atoms with van der Waals surface area (Å²) >= 11 is 12.8. The summed E-state index contributed by atoms with van der Waals surface area (Å²) in [4.78, 5) is 0. The molecule has 1 N–H and O–H groups in total. The van der Waals surface area contributed by atoms with Crippen LogP contribution in [0.1, 0.15) is 56.6 Å². The van der Waals surface area contributed by atoms with E-state index < -0.39 is 0 Å². The van der Waals surface area contributed by atoms with E-state index in [2.05, 4.69) is 48.6 Å². The second-order valence-electron chi connectivity index (χ2n) is 11.1. The van der Waals surface area contributed by atoms with Gasteiger partial charge in [0.2, 0.25) is 0 Å². The SMILES string of the molecule is CC(NCc1c(OCc2c(Cl)cccc2Cl)ccc2ccccc12)C12CC3CC(CC(C3)C1)C2. The van der Waals surface area contributed by atoms with E-state index in [1.54, 1.807) is 0 Å². The Hall–Kier alpha value is -1.74.